The number of thioether (sulfide) groups is 1. The van der Waals surface area contributed by atoms with Crippen molar-refractivity contribution in [3.63, 3.8) is 0 Å². The molecule has 5 rings (SSSR count). The molecule has 3 heterocycles. The molecule has 2 aliphatic rings. The number of imidazole rings is 1. The Hall–Kier alpha value is -1.43. The Kier molecular flexibility index (Phi) is 7.10. The monoisotopic (exact) mass is 551 g/mol. The van der Waals surface area contributed by atoms with Crippen LogP contribution < -0.4 is 0 Å². The number of hydrogen-bond acceptors (Lipinski definition) is 6. The lowest BCUT2D eigenvalue weighted by Gasteiger charge is -2.26. The third-order valence-electron chi connectivity index (χ3n) is 5.96. The first-order valence-corrected chi connectivity index (χ1v) is 14.3. The molecule has 2 aromatic carbocycles. The largest absolute Gasteiger partial charge is 0.379 e. The van der Waals surface area contributed by atoms with E-state index in [1.807, 2.05) is 18.2 Å². The van der Waals surface area contributed by atoms with Gasteiger partial charge in [-0.2, -0.15) is 4.31 Å². The van der Waals surface area contributed by atoms with Gasteiger partial charge in [-0.05, 0) is 48.7 Å². The molecule has 2 saturated heterocycles. The van der Waals surface area contributed by atoms with E-state index >= 15 is 0 Å². The van der Waals surface area contributed by atoms with Crippen LogP contribution in [0.15, 0.2) is 57.0 Å². The van der Waals surface area contributed by atoms with E-state index in [-0.39, 0.29) is 11.0 Å². The quantitative estimate of drug-likeness (QED) is 0.408. The number of fused-ring (bicyclic) bond motifs is 1. The van der Waals surface area contributed by atoms with Crippen molar-refractivity contribution in [3.8, 4) is 0 Å². The predicted octanol–water partition coefficient (Wildman–Crippen LogP) is 4.29. The Labute approximate surface area is 206 Å². The van der Waals surface area contributed by atoms with Gasteiger partial charge in [0.1, 0.15) is 0 Å². The molecular weight excluding hydrogens is 526 g/mol. The van der Waals surface area contributed by atoms with E-state index in [1.165, 1.54) is 9.87 Å². The smallest absolute Gasteiger partial charge is 0.243 e. The molecule has 0 N–H and O–H groups in total. The second-order valence-electron chi connectivity index (χ2n) is 8.23. The molecule has 1 atom stereocenters. The van der Waals surface area contributed by atoms with Gasteiger partial charge in [-0.15, -0.1) is 0 Å². The van der Waals surface area contributed by atoms with E-state index in [9.17, 15) is 8.42 Å². The number of nitrogens with zero attached hydrogens (tertiary/aromatic N) is 3. The summed E-state index contributed by atoms with van der Waals surface area (Å²) in [7, 11) is -3.57. The Bertz CT molecular complexity index is 1240. The van der Waals surface area contributed by atoms with Gasteiger partial charge in [0.25, 0.3) is 0 Å². The van der Waals surface area contributed by atoms with E-state index in [1.54, 1.807) is 23.9 Å². The van der Waals surface area contributed by atoms with E-state index in [2.05, 4.69) is 32.6 Å². The first-order valence-electron chi connectivity index (χ1n) is 11.1. The molecule has 7 nitrogen and oxygen atoms in total. The third-order valence-corrected chi connectivity index (χ3v) is 9.40. The highest BCUT2D eigenvalue weighted by Crippen LogP contribution is 2.31. The number of halogens is 1. The number of sulfonamides is 1. The number of hydrogen-bond donors (Lipinski definition) is 0. The number of morpholine rings is 1. The Morgan fingerprint density at radius 3 is 2.73 bits per heavy atom. The number of rotatable bonds is 7. The fraction of sp³-hybridized carbons (Fsp3) is 0.435. The molecule has 3 aromatic rings. The standard InChI is InChI=1S/C23H26BrN3O4S2/c24-18-4-1-3-17(13-18)16-32-23-25-21-14-20(33(28,29)26-8-11-30-12-9-26)6-7-22(21)27(23)15-19-5-2-10-31-19/h1,3-4,6-7,13-14,19H,2,5,8-12,15-16H2. The van der Waals surface area contributed by atoms with Crippen LogP contribution in [0.2, 0.25) is 0 Å². The van der Waals surface area contributed by atoms with E-state index in [0.29, 0.717) is 38.4 Å². The van der Waals surface area contributed by atoms with E-state index in [0.717, 1.165) is 40.3 Å². The summed E-state index contributed by atoms with van der Waals surface area (Å²) < 4.78 is 42.2. The maximum atomic E-state index is 13.2. The highest BCUT2D eigenvalue weighted by Gasteiger charge is 2.27. The fourth-order valence-electron chi connectivity index (χ4n) is 4.24. The molecule has 0 aliphatic carbocycles. The first-order chi connectivity index (χ1) is 16.0. The summed E-state index contributed by atoms with van der Waals surface area (Å²) in [6, 6.07) is 13.5. The third kappa shape index (κ3) is 5.16. The van der Waals surface area contributed by atoms with Crippen LogP contribution in [-0.4, -0.2) is 61.3 Å². The van der Waals surface area contributed by atoms with Crippen LogP contribution in [0.1, 0.15) is 18.4 Å². The normalized spacial score (nSPS) is 20.0. The lowest BCUT2D eigenvalue weighted by molar-refractivity contribution is 0.0730. The summed E-state index contributed by atoms with van der Waals surface area (Å²) in [6.07, 6.45) is 2.25. The molecule has 0 bridgehead atoms. The summed E-state index contributed by atoms with van der Waals surface area (Å²) >= 11 is 5.19. The van der Waals surface area contributed by atoms with Crippen molar-refractivity contribution in [2.45, 2.75) is 41.3 Å². The number of aromatic nitrogens is 2. The van der Waals surface area contributed by atoms with Crippen LogP contribution in [0.4, 0.5) is 0 Å². The zero-order valence-corrected chi connectivity index (χ0v) is 21.4. The Morgan fingerprint density at radius 1 is 1.12 bits per heavy atom. The summed E-state index contributed by atoms with van der Waals surface area (Å²) in [4.78, 5) is 5.14. The van der Waals surface area contributed by atoms with Gasteiger partial charge < -0.3 is 14.0 Å². The zero-order valence-electron chi connectivity index (χ0n) is 18.2. The molecule has 0 spiro atoms. The highest BCUT2D eigenvalue weighted by atomic mass is 79.9. The maximum absolute atomic E-state index is 13.2. The summed E-state index contributed by atoms with van der Waals surface area (Å²) in [5.74, 6) is 0.771. The van der Waals surface area contributed by atoms with Crippen molar-refractivity contribution >= 4 is 48.7 Å². The molecule has 176 valence electrons. The van der Waals surface area contributed by atoms with Crippen LogP contribution in [0, 0.1) is 0 Å². The second kappa shape index (κ2) is 10.1. The fourth-order valence-corrected chi connectivity index (χ4v) is 7.08. The molecule has 2 aliphatic heterocycles. The molecule has 10 heteroatoms. The summed E-state index contributed by atoms with van der Waals surface area (Å²) in [6.45, 7) is 3.11. The summed E-state index contributed by atoms with van der Waals surface area (Å²) in [5.41, 5.74) is 2.82. The Morgan fingerprint density at radius 2 is 1.97 bits per heavy atom. The minimum absolute atomic E-state index is 0.157. The van der Waals surface area contributed by atoms with Gasteiger partial charge in [-0.25, -0.2) is 13.4 Å². The Balaban J connectivity index is 1.47. The topological polar surface area (TPSA) is 73.7 Å². The van der Waals surface area contributed by atoms with Gasteiger partial charge in [0, 0.05) is 29.9 Å². The molecule has 33 heavy (non-hydrogen) atoms. The lowest BCUT2D eigenvalue weighted by Crippen LogP contribution is -2.40. The van der Waals surface area contributed by atoms with Gasteiger partial charge in [-0.1, -0.05) is 39.8 Å². The van der Waals surface area contributed by atoms with Crippen LogP contribution in [-0.2, 0) is 31.8 Å². The molecule has 1 aromatic heterocycles. The molecule has 0 saturated carbocycles. The minimum atomic E-state index is -3.57. The average molecular weight is 553 g/mol. The van der Waals surface area contributed by atoms with Crippen molar-refractivity contribution in [3.05, 3.63) is 52.5 Å². The number of benzene rings is 2. The van der Waals surface area contributed by atoms with Gasteiger partial charge in [0.15, 0.2) is 5.16 Å². The van der Waals surface area contributed by atoms with Gasteiger partial charge >= 0.3 is 0 Å². The second-order valence-corrected chi connectivity index (χ2v) is 12.0. The van der Waals surface area contributed by atoms with Crippen LogP contribution in [0.3, 0.4) is 0 Å². The SMILES string of the molecule is O=S(=O)(c1ccc2c(c1)nc(SCc1cccc(Br)c1)n2CC1CCCO1)N1CCOCC1. The van der Waals surface area contributed by atoms with Gasteiger partial charge in [0.2, 0.25) is 10.0 Å². The lowest BCUT2D eigenvalue weighted by atomic mass is 10.2. The van der Waals surface area contributed by atoms with Crippen molar-refractivity contribution in [2.24, 2.45) is 0 Å². The number of ether oxygens (including phenoxy) is 2. The van der Waals surface area contributed by atoms with E-state index < -0.39 is 10.0 Å². The average Bonchev–Trinajstić information content (AvgIpc) is 3.46. The highest BCUT2D eigenvalue weighted by molar-refractivity contribution is 9.10. The maximum Gasteiger partial charge on any atom is 0.243 e. The predicted molar refractivity (Wildman–Crippen MR) is 132 cm³/mol. The van der Waals surface area contributed by atoms with Crippen LogP contribution in [0.25, 0.3) is 11.0 Å². The van der Waals surface area contributed by atoms with Gasteiger partial charge in [0.05, 0.1) is 41.8 Å². The molecule has 0 amide bonds. The van der Waals surface area contributed by atoms with Crippen molar-refractivity contribution in [2.75, 3.05) is 32.9 Å². The van der Waals surface area contributed by atoms with Crippen LogP contribution >= 0.6 is 27.7 Å². The molecule has 0 radical (unpaired) electrons. The molecule has 1 unspecified atom stereocenters. The van der Waals surface area contributed by atoms with Crippen LogP contribution in [0.5, 0.6) is 0 Å². The first kappa shape index (κ1) is 23.3. The summed E-state index contributed by atoms with van der Waals surface area (Å²) in [5, 5.41) is 0.876. The molecule has 2 fully saturated rings. The van der Waals surface area contributed by atoms with Gasteiger partial charge in [-0.3, -0.25) is 0 Å². The molecular formula is C23H26BrN3O4S2. The van der Waals surface area contributed by atoms with Crippen molar-refractivity contribution in [1.29, 1.82) is 0 Å². The zero-order chi connectivity index (χ0) is 22.8. The minimum Gasteiger partial charge on any atom is -0.379 e. The van der Waals surface area contributed by atoms with Crippen molar-refractivity contribution in [1.82, 2.24) is 13.9 Å². The van der Waals surface area contributed by atoms with E-state index in [4.69, 9.17) is 14.5 Å². The van der Waals surface area contributed by atoms with Crippen molar-refractivity contribution < 1.29 is 17.9 Å².